The molecule has 2 bridgehead atoms. The summed E-state index contributed by atoms with van der Waals surface area (Å²) in [6.07, 6.45) is 9.09. The molecule has 5 aliphatic heterocycles. The van der Waals surface area contributed by atoms with Crippen molar-refractivity contribution in [2.24, 2.45) is 0 Å². The molecule has 1 unspecified atom stereocenters. The van der Waals surface area contributed by atoms with Crippen LogP contribution >= 0.6 is 0 Å². The molecule has 0 aliphatic carbocycles. The van der Waals surface area contributed by atoms with Crippen molar-refractivity contribution in [3.05, 3.63) is 59.7 Å². The van der Waals surface area contributed by atoms with Gasteiger partial charge in [-0.3, -0.25) is 4.90 Å². The number of fused-ring (bicyclic) bond motifs is 7. The number of ether oxygens (including phenoxy) is 3. The summed E-state index contributed by atoms with van der Waals surface area (Å²) in [6.45, 7) is 8.88. The van der Waals surface area contributed by atoms with Gasteiger partial charge in [-0.25, -0.2) is 13.8 Å². The van der Waals surface area contributed by atoms with E-state index in [0.29, 0.717) is 34.1 Å². The lowest BCUT2D eigenvalue weighted by Crippen LogP contribution is -2.62. The second-order valence-corrected chi connectivity index (χ2v) is 13.9. The molecule has 0 spiro atoms. The zero-order valence-corrected chi connectivity index (χ0v) is 26.9. The number of hydrogen-bond donors (Lipinski definition) is 1. The zero-order valence-electron chi connectivity index (χ0n) is 26.9. The van der Waals surface area contributed by atoms with E-state index in [0.717, 1.165) is 44.3 Å². The highest BCUT2D eigenvalue weighted by atomic mass is 19.1. The van der Waals surface area contributed by atoms with Crippen molar-refractivity contribution in [2.75, 3.05) is 38.3 Å². The summed E-state index contributed by atoms with van der Waals surface area (Å²) in [5.74, 6) is 1.99. The summed E-state index contributed by atoms with van der Waals surface area (Å²) >= 11 is 0. The fourth-order valence-corrected chi connectivity index (χ4v) is 9.18. The van der Waals surface area contributed by atoms with Crippen LogP contribution in [-0.4, -0.2) is 89.1 Å². The molecule has 0 amide bonds. The first kappa shape index (κ1) is 29.7. The van der Waals surface area contributed by atoms with Crippen LogP contribution in [0.1, 0.15) is 38.2 Å². The molecule has 7 heterocycles. The fourth-order valence-electron chi connectivity index (χ4n) is 9.18. The topological polar surface area (TPSA) is 84.9 Å². The van der Waals surface area contributed by atoms with E-state index in [2.05, 4.69) is 27.6 Å². The van der Waals surface area contributed by atoms with E-state index in [9.17, 15) is 0 Å². The Morgan fingerprint density at radius 3 is 2.85 bits per heavy atom. The van der Waals surface area contributed by atoms with Crippen LogP contribution in [0.2, 0.25) is 0 Å². The number of anilines is 1. The zero-order chi connectivity index (χ0) is 32.9. The minimum Gasteiger partial charge on any atom is -0.472 e. The molecular formula is C37H36F2N6O3. The third-order valence-corrected chi connectivity index (χ3v) is 11.2. The molecule has 4 saturated heterocycles. The molecule has 6 atom stereocenters. The predicted octanol–water partition coefficient (Wildman–Crippen LogP) is 4.99. The molecule has 9 rings (SSSR count). The molecule has 1 N–H and O–H groups in total. The molecule has 9 nitrogen and oxygen atoms in total. The van der Waals surface area contributed by atoms with Crippen molar-refractivity contribution in [2.45, 2.75) is 68.5 Å². The minimum absolute atomic E-state index is 0.0281. The molecule has 2 aromatic carbocycles. The van der Waals surface area contributed by atoms with E-state index >= 15 is 8.78 Å². The Morgan fingerprint density at radius 1 is 1.15 bits per heavy atom. The monoisotopic (exact) mass is 650 g/mol. The quantitative estimate of drug-likeness (QED) is 0.237. The summed E-state index contributed by atoms with van der Waals surface area (Å²) in [5, 5.41) is 5.20. The Kier molecular flexibility index (Phi) is 6.71. The summed E-state index contributed by atoms with van der Waals surface area (Å²) in [5.41, 5.74) is 1.12. The van der Waals surface area contributed by atoms with Crippen LogP contribution in [0.4, 0.5) is 14.6 Å². The second-order valence-electron chi connectivity index (χ2n) is 13.9. The normalized spacial score (nSPS) is 29.1. The first-order chi connectivity index (χ1) is 23.3. The van der Waals surface area contributed by atoms with Crippen LogP contribution in [0.5, 0.6) is 11.9 Å². The van der Waals surface area contributed by atoms with Gasteiger partial charge < -0.3 is 24.4 Å². The fraction of sp³-hybridized carbons (Fsp3) is 0.432. The molecule has 5 aliphatic rings. The lowest BCUT2D eigenvalue weighted by atomic mass is 9.91. The van der Waals surface area contributed by atoms with Gasteiger partial charge in [0.15, 0.2) is 5.82 Å². The first-order valence-corrected chi connectivity index (χ1v) is 16.7. The van der Waals surface area contributed by atoms with E-state index in [1.165, 1.54) is 6.07 Å². The maximum atomic E-state index is 17.2. The Hall–Kier alpha value is -4.37. The largest absolute Gasteiger partial charge is 0.472 e. The molecule has 2 aromatic heterocycles. The molecule has 0 saturated carbocycles. The number of methoxy groups -OCH3 is 1. The van der Waals surface area contributed by atoms with E-state index in [1.807, 2.05) is 13.0 Å². The number of nitrogens with zero attached hydrogens (tertiary/aromatic N) is 5. The smallest absolute Gasteiger partial charge is 0.319 e. The lowest BCUT2D eigenvalue weighted by Gasteiger charge is -2.42. The van der Waals surface area contributed by atoms with Crippen molar-refractivity contribution in [1.29, 1.82) is 0 Å². The molecule has 11 heteroatoms. The van der Waals surface area contributed by atoms with Crippen molar-refractivity contribution < 1.29 is 23.0 Å². The Bertz CT molecular complexity index is 2070. The van der Waals surface area contributed by atoms with E-state index < -0.39 is 17.2 Å². The van der Waals surface area contributed by atoms with Gasteiger partial charge in [-0.05, 0) is 44.1 Å². The maximum absolute atomic E-state index is 17.2. The molecular weight excluding hydrogens is 614 g/mol. The number of aromatic nitrogens is 3. The summed E-state index contributed by atoms with van der Waals surface area (Å²) in [4.78, 5) is 19.1. The summed E-state index contributed by atoms with van der Waals surface area (Å²) in [7, 11) is 1.73. The minimum atomic E-state index is -0.681. The SMILES string of the molecule is C#Cc1c(F)ccc2cccc(-c3nc4c5c(nc(OCC67CC(=C)CN6CC[C@H]7OC)nc5c3F)N3C[C@H]5CC[C@H](N5)[C@H]3[C@H](C)O4)c12. The van der Waals surface area contributed by atoms with Crippen LogP contribution < -0.4 is 19.7 Å². The standard InChI is InChI=1S/C37H36F2N6O3/c1-5-23-25(38)11-9-21-7-6-8-24(28(21)23)31-30(39)32-29-34(45-17-22-10-12-26(40-22)33(45)20(3)48-35(29)41-31)43-36(42-32)47-18-37-15-19(2)16-44(37)14-13-27(37)46-4/h1,6-9,11,20,22,26-27,33,40H,2,10,12-18H2,3-4H3/t20-,22+,26-,27+,33+,37?/m0/s1. The predicted molar refractivity (Wildman–Crippen MR) is 178 cm³/mol. The van der Waals surface area contributed by atoms with E-state index in [-0.39, 0.29) is 65.6 Å². The Labute approximate surface area is 277 Å². The third-order valence-electron chi connectivity index (χ3n) is 11.2. The van der Waals surface area contributed by atoms with Gasteiger partial charge in [0.1, 0.15) is 40.9 Å². The average molecular weight is 651 g/mol. The van der Waals surface area contributed by atoms with Crippen LogP contribution in [0.3, 0.4) is 0 Å². The highest BCUT2D eigenvalue weighted by Crippen LogP contribution is 2.46. The summed E-state index contributed by atoms with van der Waals surface area (Å²) < 4.78 is 51.2. The number of halogens is 2. The maximum Gasteiger partial charge on any atom is 0.319 e. The van der Waals surface area contributed by atoms with Gasteiger partial charge in [-0.1, -0.05) is 42.3 Å². The molecule has 246 valence electrons. The second kappa shape index (κ2) is 10.8. The van der Waals surface area contributed by atoms with Gasteiger partial charge >= 0.3 is 6.01 Å². The van der Waals surface area contributed by atoms with Gasteiger partial charge in [-0.15, -0.1) is 6.42 Å². The Morgan fingerprint density at radius 2 is 2.02 bits per heavy atom. The Balaban J connectivity index is 1.25. The molecule has 0 radical (unpaired) electrons. The van der Waals surface area contributed by atoms with Crippen LogP contribution in [0.25, 0.3) is 32.9 Å². The number of hydrogen-bond acceptors (Lipinski definition) is 9. The van der Waals surface area contributed by atoms with E-state index in [1.54, 1.807) is 25.3 Å². The van der Waals surface area contributed by atoms with Gasteiger partial charge in [0.05, 0.1) is 23.2 Å². The van der Waals surface area contributed by atoms with Crippen LogP contribution in [-0.2, 0) is 4.74 Å². The van der Waals surface area contributed by atoms with Crippen LogP contribution in [0, 0.1) is 24.0 Å². The number of piperazine rings is 1. The number of terminal acetylenes is 1. The summed E-state index contributed by atoms with van der Waals surface area (Å²) in [6, 6.07) is 8.68. The van der Waals surface area contributed by atoms with Crippen molar-refractivity contribution >= 4 is 27.5 Å². The molecule has 4 fully saturated rings. The first-order valence-electron chi connectivity index (χ1n) is 16.7. The number of pyridine rings is 1. The van der Waals surface area contributed by atoms with Crippen LogP contribution in [0.15, 0.2) is 42.5 Å². The average Bonchev–Trinajstić information content (AvgIpc) is 3.71. The highest BCUT2D eigenvalue weighted by Gasteiger charge is 2.54. The van der Waals surface area contributed by atoms with E-state index in [4.69, 9.17) is 35.6 Å². The van der Waals surface area contributed by atoms with Gasteiger partial charge in [0.25, 0.3) is 0 Å². The van der Waals surface area contributed by atoms with Crippen molar-refractivity contribution in [3.8, 4) is 35.5 Å². The number of rotatable bonds is 5. The lowest BCUT2D eigenvalue weighted by molar-refractivity contribution is -0.0119. The van der Waals surface area contributed by atoms with Gasteiger partial charge in [-0.2, -0.15) is 9.97 Å². The van der Waals surface area contributed by atoms with Crippen molar-refractivity contribution in [3.63, 3.8) is 0 Å². The molecule has 48 heavy (non-hydrogen) atoms. The number of benzene rings is 2. The third kappa shape index (κ3) is 4.22. The highest BCUT2D eigenvalue weighted by molar-refractivity contribution is 6.03. The van der Waals surface area contributed by atoms with Gasteiger partial charge in [0.2, 0.25) is 5.88 Å². The number of nitrogens with one attached hydrogen (secondary N) is 1. The van der Waals surface area contributed by atoms with Gasteiger partial charge in [0, 0.05) is 49.8 Å². The molecule has 4 aromatic rings. The van der Waals surface area contributed by atoms with Crippen molar-refractivity contribution in [1.82, 2.24) is 25.2 Å².